The number of aromatic nitrogens is 1. The highest BCUT2D eigenvalue weighted by Crippen LogP contribution is 2.35. The van der Waals surface area contributed by atoms with E-state index in [-0.39, 0.29) is 15.8 Å². The molecule has 1 aromatic heterocycles. The van der Waals surface area contributed by atoms with E-state index in [0.29, 0.717) is 27.9 Å². The standard InChI is InChI=1S/C17H11F2N3O3S/c18-10-6-7-12(11(19)8-10)22(17(24)25)16-21-15(20)14(26-16)13(23)9-4-2-1-3-5-9/h1-8H,20H2,(H,24,25). The Morgan fingerprint density at radius 3 is 2.42 bits per heavy atom. The van der Waals surface area contributed by atoms with Gasteiger partial charge in [-0.05, 0) is 12.1 Å². The Labute approximate surface area is 150 Å². The summed E-state index contributed by atoms with van der Waals surface area (Å²) in [6.07, 6.45) is -1.55. The van der Waals surface area contributed by atoms with Gasteiger partial charge in [0.05, 0.1) is 5.69 Å². The van der Waals surface area contributed by atoms with Gasteiger partial charge in [-0.15, -0.1) is 0 Å². The number of ketones is 1. The van der Waals surface area contributed by atoms with Crippen molar-refractivity contribution in [2.24, 2.45) is 0 Å². The van der Waals surface area contributed by atoms with Crippen LogP contribution in [-0.4, -0.2) is 22.0 Å². The number of rotatable bonds is 4. The topological polar surface area (TPSA) is 96.5 Å². The first-order valence-corrected chi connectivity index (χ1v) is 8.04. The average molecular weight is 375 g/mol. The molecule has 0 unspecified atom stereocenters. The summed E-state index contributed by atoms with van der Waals surface area (Å²) in [5, 5.41) is 9.21. The number of carboxylic acid groups (broad SMARTS) is 1. The second kappa shape index (κ2) is 6.89. The van der Waals surface area contributed by atoms with E-state index in [1.54, 1.807) is 30.3 Å². The van der Waals surface area contributed by atoms with E-state index in [4.69, 9.17) is 5.73 Å². The fourth-order valence-corrected chi connectivity index (χ4v) is 3.20. The lowest BCUT2D eigenvalue weighted by Crippen LogP contribution is -2.24. The van der Waals surface area contributed by atoms with Crippen LogP contribution in [0.4, 0.5) is 30.2 Å². The number of hydrogen-bond acceptors (Lipinski definition) is 5. The van der Waals surface area contributed by atoms with Gasteiger partial charge in [0.15, 0.2) is 0 Å². The first-order valence-electron chi connectivity index (χ1n) is 7.22. The number of nitrogens with zero attached hydrogens (tertiary/aromatic N) is 2. The van der Waals surface area contributed by atoms with E-state index >= 15 is 0 Å². The molecular formula is C17H11F2N3O3S. The molecule has 0 bridgehead atoms. The molecule has 1 heterocycles. The van der Waals surface area contributed by atoms with Gasteiger partial charge < -0.3 is 10.8 Å². The summed E-state index contributed by atoms with van der Waals surface area (Å²) < 4.78 is 27.1. The lowest BCUT2D eigenvalue weighted by Gasteiger charge is -2.16. The Balaban J connectivity index is 2.05. The molecule has 26 heavy (non-hydrogen) atoms. The number of anilines is 3. The summed E-state index contributed by atoms with van der Waals surface area (Å²) in [4.78, 5) is 28.5. The lowest BCUT2D eigenvalue weighted by atomic mass is 10.1. The molecule has 9 heteroatoms. The van der Waals surface area contributed by atoms with Gasteiger partial charge >= 0.3 is 6.09 Å². The Morgan fingerprint density at radius 1 is 1.12 bits per heavy atom. The minimum atomic E-state index is -1.55. The van der Waals surface area contributed by atoms with Crippen LogP contribution in [0.25, 0.3) is 0 Å². The lowest BCUT2D eigenvalue weighted by molar-refractivity contribution is 0.104. The van der Waals surface area contributed by atoms with E-state index in [1.807, 2.05) is 0 Å². The summed E-state index contributed by atoms with van der Waals surface area (Å²) in [5.74, 6) is -2.54. The number of carbonyl (C=O) groups is 2. The van der Waals surface area contributed by atoms with Crippen molar-refractivity contribution in [2.45, 2.75) is 0 Å². The molecule has 0 aliphatic carbocycles. The van der Waals surface area contributed by atoms with Gasteiger partial charge in [-0.25, -0.2) is 23.5 Å². The van der Waals surface area contributed by atoms with Crippen LogP contribution in [-0.2, 0) is 0 Å². The number of carbonyl (C=O) groups excluding carboxylic acids is 1. The first-order chi connectivity index (χ1) is 12.4. The highest BCUT2D eigenvalue weighted by Gasteiger charge is 2.27. The molecule has 1 amide bonds. The number of benzene rings is 2. The third kappa shape index (κ3) is 3.24. The highest BCUT2D eigenvalue weighted by molar-refractivity contribution is 7.18. The summed E-state index contributed by atoms with van der Waals surface area (Å²) in [5.41, 5.74) is 5.69. The zero-order valence-electron chi connectivity index (χ0n) is 13.0. The van der Waals surface area contributed by atoms with Gasteiger partial charge in [0.2, 0.25) is 10.9 Å². The predicted molar refractivity (Wildman–Crippen MR) is 92.9 cm³/mol. The Bertz CT molecular complexity index is 992. The Kier molecular flexibility index (Phi) is 4.63. The number of nitrogens with two attached hydrogens (primary N) is 1. The molecule has 3 N–H and O–H groups in total. The van der Waals surface area contributed by atoms with E-state index in [2.05, 4.69) is 4.98 Å². The van der Waals surface area contributed by atoms with Gasteiger partial charge in [0.1, 0.15) is 22.3 Å². The zero-order chi connectivity index (χ0) is 18.8. The third-order valence-electron chi connectivity index (χ3n) is 3.42. The van der Waals surface area contributed by atoms with E-state index in [0.717, 1.165) is 12.1 Å². The monoisotopic (exact) mass is 375 g/mol. The fourth-order valence-electron chi connectivity index (χ4n) is 2.25. The number of halogens is 2. The number of nitrogen functional groups attached to an aromatic ring is 1. The summed E-state index contributed by atoms with van der Waals surface area (Å²) in [7, 11) is 0. The van der Waals surface area contributed by atoms with Crippen molar-refractivity contribution < 1.29 is 23.5 Å². The smallest absolute Gasteiger partial charge is 0.418 e. The molecule has 0 fully saturated rings. The second-order valence-electron chi connectivity index (χ2n) is 5.12. The molecule has 6 nitrogen and oxygen atoms in total. The maximum absolute atomic E-state index is 14.0. The van der Waals surface area contributed by atoms with Crippen molar-refractivity contribution in [3.8, 4) is 0 Å². The molecule has 0 spiro atoms. The van der Waals surface area contributed by atoms with Gasteiger partial charge in [-0.1, -0.05) is 41.7 Å². The van der Waals surface area contributed by atoms with Crippen molar-refractivity contribution in [3.63, 3.8) is 0 Å². The SMILES string of the molecule is Nc1nc(N(C(=O)O)c2ccc(F)cc2F)sc1C(=O)c1ccccc1. The van der Waals surface area contributed by atoms with Crippen LogP contribution in [0.3, 0.4) is 0 Å². The molecule has 0 radical (unpaired) electrons. The molecular weight excluding hydrogens is 364 g/mol. The van der Waals surface area contributed by atoms with Gasteiger partial charge in [0.25, 0.3) is 0 Å². The molecule has 0 saturated carbocycles. The fraction of sp³-hybridized carbons (Fsp3) is 0. The van der Waals surface area contributed by atoms with Crippen LogP contribution in [0.5, 0.6) is 0 Å². The van der Waals surface area contributed by atoms with E-state index < -0.39 is 29.2 Å². The molecule has 0 saturated heterocycles. The average Bonchev–Trinajstić information content (AvgIpc) is 2.98. The maximum atomic E-state index is 14.0. The molecule has 3 rings (SSSR count). The molecule has 132 valence electrons. The minimum Gasteiger partial charge on any atom is -0.464 e. The quantitative estimate of drug-likeness (QED) is 0.671. The Morgan fingerprint density at radius 2 is 1.81 bits per heavy atom. The number of thiazole rings is 1. The minimum absolute atomic E-state index is 0.0277. The van der Waals surface area contributed by atoms with Gasteiger partial charge in [0, 0.05) is 11.6 Å². The third-order valence-corrected chi connectivity index (χ3v) is 4.47. The summed E-state index contributed by atoms with van der Waals surface area (Å²) in [6.45, 7) is 0. The maximum Gasteiger partial charge on any atom is 0.418 e. The van der Waals surface area contributed by atoms with Crippen molar-refractivity contribution in [1.82, 2.24) is 4.98 Å². The van der Waals surface area contributed by atoms with Crippen LogP contribution < -0.4 is 10.6 Å². The number of hydrogen-bond donors (Lipinski definition) is 2. The van der Waals surface area contributed by atoms with E-state index in [1.165, 1.54) is 0 Å². The second-order valence-corrected chi connectivity index (χ2v) is 6.10. The van der Waals surface area contributed by atoms with Crippen molar-refractivity contribution >= 4 is 39.9 Å². The van der Waals surface area contributed by atoms with Crippen molar-refractivity contribution in [1.29, 1.82) is 0 Å². The highest BCUT2D eigenvalue weighted by atomic mass is 32.1. The Hall–Kier alpha value is -3.33. The van der Waals surface area contributed by atoms with Crippen molar-refractivity contribution in [3.05, 3.63) is 70.6 Å². The van der Waals surface area contributed by atoms with Crippen LogP contribution in [0.1, 0.15) is 15.2 Å². The summed E-state index contributed by atoms with van der Waals surface area (Å²) in [6, 6.07) is 10.7. The zero-order valence-corrected chi connectivity index (χ0v) is 13.8. The molecule has 0 aliphatic heterocycles. The van der Waals surface area contributed by atoms with E-state index in [9.17, 15) is 23.5 Å². The molecule has 2 aromatic carbocycles. The molecule has 0 atom stereocenters. The van der Waals surface area contributed by atoms with Gasteiger partial charge in [-0.3, -0.25) is 4.79 Å². The number of amides is 1. The van der Waals surface area contributed by atoms with Crippen molar-refractivity contribution in [2.75, 3.05) is 10.6 Å². The van der Waals surface area contributed by atoms with Crippen LogP contribution in [0, 0.1) is 11.6 Å². The summed E-state index contributed by atoms with van der Waals surface area (Å²) >= 11 is 0.706. The van der Waals surface area contributed by atoms with Crippen LogP contribution in [0.15, 0.2) is 48.5 Å². The predicted octanol–water partition coefficient (Wildman–Crippen LogP) is 4.05. The van der Waals surface area contributed by atoms with Crippen LogP contribution in [0.2, 0.25) is 0 Å². The van der Waals surface area contributed by atoms with Gasteiger partial charge in [-0.2, -0.15) is 0 Å². The largest absolute Gasteiger partial charge is 0.464 e. The normalized spacial score (nSPS) is 10.5. The van der Waals surface area contributed by atoms with Crippen LogP contribution >= 0.6 is 11.3 Å². The molecule has 3 aromatic rings. The molecule has 0 aliphatic rings. The first kappa shape index (κ1) is 17.5.